The Bertz CT molecular complexity index is 1240. The Kier molecular flexibility index (Phi) is 4.57. The zero-order valence-electron chi connectivity index (χ0n) is 15.3. The predicted molar refractivity (Wildman–Crippen MR) is 103 cm³/mol. The monoisotopic (exact) mass is 399 g/mol. The average molecular weight is 399 g/mol. The molecule has 0 radical (unpaired) electrons. The second-order valence-electron chi connectivity index (χ2n) is 6.59. The first-order valence-electron chi connectivity index (χ1n) is 8.76. The summed E-state index contributed by atoms with van der Waals surface area (Å²) >= 11 is 0. The van der Waals surface area contributed by atoms with E-state index in [1.54, 1.807) is 0 Å². The van der Waals surface area contributed by atoms with E-state index in [0.29, 0.717) is 11.5 Å². The Hall–Kier alpha value is -3.62. The number of H-pyrrole nitrogens is 1. The molecule has 0 unspecified atom stereocenters. The fourth-order valence-corrected chi connectivity index (χ4v) is 2.94. The molecule has 9 heteroatoms. The van der Waals surface area contributed by atoms with E-state index in [0.717, 1.165) is 23.3 Å². The number of halogens is 3. The van der Waals surface area contributed by atoms with Gasteiger partial charge in [-0.15, -0.1) is 0 Å². The number of aromatic amines is 1. The van der Waals surface area contributed by atoms with Crippen molar-refractivity contribution in [1.82, 2.24) is 19.6 Å². The molecule has 2 aromatic heterocycles. The fraction of sp³-hybridized carbons (Fsp3) is 0.150. The van der Waals surface area contributed by atoms with E-state index in [4.69, 9.17) is 0 Å². The topological polar surface area (TPSA) is 75.1 Å². The average Bonchev–Trinajstić information content (AvgIpc) is 3.11. The van der Waals surface area contributed by atoms with E-state index in [1.807, 2.05) is 31.2 Å². The van der Waals surface area contributed by atoms with Crippen molar-refractivity contribution < 1.29 is 13.2 Å². The summed E-state index contributed by atoms with van der Waals surface area (Å²) in [6.07, 6.45) is -4.42. The summed E-state index contributed by atoms with van der Waals surface area (Å²) in [5.74, 6) is 0.691. The zero-order chi connectivity index (χ0) is 20.6. The molecular weight excluding hydrogens is 383 g/mol. The van der Waals surface area contributed by atoms with Crippen molar-refractivity contribution in [3.05, 3.63) is 81.8 Å². The van der Waals surface area contributed by atoms with Crippen LogP contribution in [0, 0.1) is 6.92 Å². The number of aryl methyl sites for hydroxylation is 1. The first-order valence-corrected chi connectivity index (χ1v) is 8.76. The van der Waals surface area contributed by atoms with Crippen LogP contribution in [-0.4, -0.2) is 19.6 Å². The lowest BCUT2D eigenvalue weighted by atomic mass is 10.1. The molecule has 0 spiro atoms. The zero-order valence-corrected chi connectivity index (χ0v) is 15.3. The van der Waals surface area contributed by atoms with E-state index in [1.165, 1.54) is 22.7 Å². The summed E-state index contributed by atoms with van der Waals surface area (Å²) in [4.78, 5) is 21.1. The van der Waals surface area contributed by atoms with E-state index in [9.17, 15) is 18.0 Å². The van der Waals surface area contributed by atoms with Crippen molar-refractivity contribution in [2.45, 2.75) is 19.6 Å². The summed E-state index contributed by atoms with van der Waals surface area (Å²) in [6.45, 7) is 2.04. The Balaban J connectivity index is 1.60. The number of hydrogen-bond donors (Lipinski definition) is 2. The normalized spacial score (nSPS) is 11.7. The molecule has 0 saturated carbocycles. The second kappa shape index (κ2) is 7.08. The van der Waals surface area contributed by atoms with Crippen molar-refractivity contribution in [1.29, 1.82) is 0 Å². The van der Waals surface area contributed by atoms with Gasteiger partial charge in [0.25, 0.3) is 11.3 Å². The van der Waals surface area contributed by atoms with Crippen LogP contribution in [-0.2, 0) is 12.7 Å². The first-order chi connectivity index (χ1) is 13.8. The molecule has 2 aromatic carbocycles. The van der Waals surface area contributed by atoms with Crippen LogP contribution in [0.1, 0.15) is 16.8 Å². The summed E-state index contributed by atoms with van der Waals surface area (Å²) < 4.78 is 39.7. The number of nitrogens with one attached hydrogen (secondary N) is 2. The third-order valence-electron chi connectivity index (χ3n) is 4.34. The number of hydrogen-bond acceptors (Lipinski definition) is 4. The van der Waals surface area contributed by atoms with Gasteiger partial charge in [-0.2, -0.15) is 22.7 Å². The number of anilines is 1. The van der Waals surface area contributed by atoms with Crippen LogP contribution in [0.15, 0.2) is 59.4 Å². The highest BCUT2D eigenvalue weighted by Gasteiger charge is 2.30. The summed E-state index contributed by atoms with van der Waals surface area (Å²) in [6, 6.07) is 13.8. The lowest BCUT2D eigenvalue weighted by Gasteiger charge is -2.10. The van der Waals surface area contributed by atoms with E-state index in [2.05, 4.69) is 20.4 Å². The minimum Gasteiger partial charge on any atom is -0.379 e. The summed E-state index contributed by atoms with van der Waals surface area (Å²) in [5, 5.41) is 5.78. The molecule has 2 N–H and O–H groups in total. The van der Waals surface area contributed by atoms with Crippen molar-refractivity contribution in [2.75, 3.05) is 5.32 Å². The van der Waals surface area contributed by atoms with Gasteiger partial charge in [-0.25, -0.2) is 4.98 Å². The minimum absolute atomic E-state index is 0.0830. The van der Waals surface area contributed by atoms with Gasteiger partial charge in [-0.05, 0) is 31.2 Å². The molecule has 0 bridgehead atoms. The number of nitrogens with zero attached hydrogens (tertiary/aromatic N) is 3. The molecule has 4 aromatic rings. The number of aromatic nitrogens is 4. The Labute approximate surface area is 163 Å². The van der Waals surface area contributed by atoms with Crippen molar-refractivity contribution in [3.8, 4) is 11.4 Å². The van der Waals surface area contributed by atoms with Crippen LogP contribution < -0.4 is 10.9 Å². The molecule has 0 amide bonds. The van der Waals surface area contributed by atoms with E-state index in [-0.39, 0.29) is 23.6 Å². The predicted octanol–water partition coefficient (Wildman–Crippen LogP) is 4.02. The van der Waals surface area contributed by atoms with Crippen LogP contribution >= 0.6 is 0 Å². The maximum Gasteiger partial charge on any atom is 0.416 e. The second-order valence-corrected chi connectivity index (χ2v) is 6.59. The van der Waals surface area contributed by atoms with Crippen LogP contribution in [0.2, 0.25) is 0 Å². The maximum absolute atomic E-state index is 12.8. The minimum atomic E-state index is -4.42. The van der Waals surface area contributed by atoms with Crippen LogP contribution in [0.25, 0.3) is 17.2 Å². The lowest BCUT2D eigenvalue weighted by molar-refractivity contribution is -0.137. The van der Waals surface area contributed by atoms with Crippen molar-refractivity contribution in [2.24, 2.45) is 0 Å². The number of benzene rings is 2. The molecule has 148 valence electrons. The SMILES string of the molecule is Cc1cccc(-c2nc3nc(CNc4cccc(C(F)(F)F)c4)cc(=O)n3[nH]2)c1. The smallest absolute Gasteiger partial charge is 0.379 e. The highest BCUT2D eigenvalue weighted by Crippen LogP contribution is 2.30. The van der Waals surface area contributed by atoms with Crippen LogP contribution in [0.3, 0.4) is 0 Å². The fourth-order valence-electron chi connectivity index (χ4n) is 2.94. The molecule has 0 atom stereocenters. The molecule has 0 aliphatic carbocycles. The molecule has 29 heavy (non-hydrogen) atoms. The van der Waals surface area contributed by atoms with Gasteiger partial charge in [-0.3, -0.25) is 9.89 Å². The Morgan fingerprint density at radius 2 is 1.86 bits per heavy atom. The van der Waals surface area contributed by atoms with Gasteiger partial charge in [0.15, 0.2) is 5.82 Å². The molecule has 0 fully saturated rings. The lowest BCUT2D eigenvalue weighted by Crippen LogP contribution is -2.17. The number of rotatable bonds is 4. The molecule has 2 heterocycles. The molecule has 0 saturated heterocycles. The standard InChI is InChI=1S/C20H16F3N5O/c1-12-4-2-5-13(8-12)18-26-19-25-16(10-17(29)28(19)27-18)11-24-15-7-3-6-14(9-15)20(21,22)23/h2-10,24H,11H2,1H3,(H,25,26,27). The van der Waals surface area contributed by atoms with Crippen LogP contribution in [0.5, 0.6) is 0 Å². The molecule has 6 nitrogen and oxygen atoms in total. The molecule has 0 aliphatic rings. The van der Waals surface area contributed by atoms with Crippen molar-refractivity contribution >= 4 is 11.5 Å². The Morgan fingerprint density at radius 3 is 2.62 bits per heavy atom. The largest absolute Gasteiger partial charge is 0.416 e. The van der Waals surface area contributed by atoms with Gasteiger partial charge in [0.05, 0.1) is 17.8 Å². The van der Waals surface area contributed by atoms with Gasteiger partial charge in [0, 0.05) is 17.3 Å². The number of alkyl halides is 3. The third-order valence-corrected chi connectivity index (χ3v) is 4.34. The van der Waals surface area contributed by atoms with Gasteiger partial charge < -0.3 is 5.32 Å². The number of fused-ring (bicyclic) bond motifs is 1. The molecule has 0 aliphatic heterocycles. The first kappa shape index (κ1) is 18.7. The highest BCUT2D eigenvalue weighted by molar-refractivity contribution is 5.57. The summed E-state index contributed by atoms with van der Waals surface area (Å²) in [7, 11) is 0. The van der Waals surface area contributed by atoms with Gasteiger partial charge >= 0.3 is 6.18 Å². The van der Waals surface area contributed by atoms with E-state index < -0.39 is 11.7 Å². The summed E-state index contributed by atoms with van der Waals surface area (Å²) in [5.41, 5.74) is 1.41. The van der Waals surface area contributed by atoms with Crippen LogP contribution in [0.4, 0.5) is 18.9 Å². The molecular formula is C20H16F3N5O. The highest BCUT2D eigenvalue weighted by atomic mass is 19.4. The van der Waals surface area contributed by atoms with E-state index >= 15 is 0 Å². The maximum atomic E-state index is 12.8. The third kappa shape index (κ3) is 3.98. The quantitative estimate of drug-likeness (QED) is 0.544. The van der Waals surface area contributed by atoms with Crippen molar-refractivity contribution in [3.63, 3.8) is 0 Å². The van der Waals surface area contributed by atoms with Gasteiger partial charge in [-0.1, -0.05) is 29.8 Å². The van der Waals surface area contributed by atoms with Gasteiger partial charge in [0.1, 0.15) is 0 Å². The van der Waals surface area contributed by atoms with Gasteiger partial charge in [0.2, 0.25) is 0 Å². The molecule has 4 rings (SSSR count). The Morgan fingerprint density at radius 1 is 1.07 bits per heavy atom.